The van der Waals surface area contributed by atoms with E-state index < -0.39 is 5.41 Å². The summed E-state index contributed by atoms with van der Waals surface area (Å²) in [5.41, 5.74) is 0.0307. The van der Waals surface area contributed by atoms with E-state index in [1.165, 1.54) is 0 Å². The Morgan fingerprint density at radius 1 is 1.45 bits per heavy atom. The van der Waals surface area contributed by atoms with Crippen molar-refractivity contribution in [3.8, 4) is 0 Å². The topological polar surface area (TPSA) is 49.4 Å². The van der Waals surface area contributed by atoms with Gasteiger partial charge in [0, 0.05) is 30.2 Å². The molecule has 1 aliphatic heterocycles. The molecule has 0 bridgehead atoms. The largest absolute Gasteiger partial charge is 0.359 e. The number of nitrogens with one attached hydrogen (secondary N) is 1. The Morgan fingerprint density at radius 2 is 2.15 bits per heavy atom. The van der Waals surface area contributed by atoms with E-state index in [9.17, 15) is 9.59 Å². The highest BCUT2D eigenvalue weighted by atomic mass is 79.9. The fraction of sp³-hybridized carbons (Fsp3) is 0.429. The Hall–Kier alpha value is -1.07. The number of nitrogens with zero attached hydrogens (tertiary/aromatic N) is 1. The van der Waals surface area contributed by atoms with Crippen molar-refractivity contribution in [2.75, 3.05) is 20.1 Å². The van der Waals surface area contributed by atoms with E-state index in [2.05, 4.69) is 21.2 Å². The second-order valence-electron chi connectivity index (χ2n) is 5.25. The summed E-state index contributed by atoms with van der Waals surface area (Å²) in [6.07, 6.45) is 0.669. The van der Waals surface area contributed by atoms with E-state index in [0.29, 0.717) is 30.1 Å². The van der Waals surface area contributed by atoms with Gasteiger partial charge in [0.25, 0.3) is 5.91 Å². The van der Waals surface area contributed by atoms with Crippen molar-refractivity contribution in [1.82, 2.24) is 10.2 Å². The molecule has 108 valence electrons. The molecule has 1 saturated heterocycles. The van der Waals surface area contributed by atoms with Gasteiger partial charge in [-0.2, -0.15) is 0 Å². The first-order valence-electron chi connectivity index (χ1n) is 6.34. The molecular formula is C14H16BrClN2O2. The van der Waals surface area contributed by atoms with Crippen molar-refractivity contribution in [3.05, 3.63) is 33.3 Å². The molecular weight excluding hydrogens is 344 g/mol. The first-order valence-corrected chi connectivity index (χ1v) is 7.51. The van der Waals surface area contributed by atoms with Crippen molar-refractivity contribution >= 4 is 39.3 Å². The number of carbonyl (C=O) groups excluding carboxylic acids is 2. The van der Waals surface area contributed by atoms with Crippen molar-refractivity contribution < 1.29 is 9.59 Å². The van der Waals surface area contributed by atoms with E-state index in [-0.39, 0.29) is 11.8 Å². The molecule has 1 heterocycles. The molecule has 6 heteroatoms. The molecule has 1 aromatic carbocycles. The minimum atomic E-state index is -0.510. The molecule has 0 spiro atoms. The Morgan fingerprint density at radius 3 is 2.75 bits per heavy atom. The molecule has 1 fully saturated rings. The lowest BCUT2D eigenvalue weighted by atomic mass is 9.89. The number of hydrogen-bond acceptors (Lipinski definition) is 2. The minimum absolute atomic E-state index is 0.0263. The van der Waals surface area contributed by atoms with E-state index in [4.69, 9.17) is 11.6 Å². The molecule has 20 heavy (non-hydrogen) atoms. The summed E-state index contributed by atoms with van der Waals surface area (Å²) >= 11 is 9.31. The molecule has 1 N–H and O–H groups in total. The van der Waals surface area contributed by atoms with E-state index in [1.54, 1.807) is 30.1 Å². The van der Waals surface area contributed by atoms with Gasteiger partial charge in [0.2, 0.25) is 5.91 Å². The van der Waals surface area contributed by atoms with Crippen LogP contribution in [0.3, 0.4) is 0 Å². The van der Waals surface area contributed by atoms with Crippen LogP contribution in [0.5, 0.6) is 0 Å². The molecule has 0 saturated carbocycles. The summed E-state index contributed by atoms with van der Waals surface area (Å²) in [4.78, 5) is 26.0. The van der Waals surface area contributed by atoms with Crippen molar-refractivity contribution in [1.29, 1.82) is 0 Å². The minimum Gasteiger partial charge on any atom is -0.359 e. The van der Waals surface area contributed by atoms with Crippen LogP contribution in [0, 0.1) is 5.41 Å². The summed E-state index contributed by atoms with van der Waals surface area (Å²) in [7, 11) is 1.62. The van der Waals surface area contributed by atoms with Crippen LogP contribution in [0.1, 0.15) is 23.7 Å². The number of benzene rings is 1. The predicted octanol–water partition coefficient (Wildman–Crippen LogP) is 2.70. The molecule has 0 aromatic heterocycles. The number of likely N-dealkylation sites (tertiary alicyclic amines) is 1. The van der Waals surface area contributed by atoms with Crippen LogP contribution < -0.4 is 5.32 Å². The maximum atomic E-state index is 12.4. The SMILES string of the molecule is CNC(=O)C1(C)CCN(C(=O)c2ccc(Br)c(Cl)c2)C1. The fourth-order valence-corrected chi connectivity index (χ4v) is 2.86. The third-order valence-corrected chi connectivity index (χ3v) is 4.93. The highest BCUT2D eigenvalue weighted by Crippen LogP contribution is 2.31. The van der Waals surface area contributed by atoms with Crippen LogP contribution in [0.25, 0.3) is 0 Å². The van der Waals surface area contributed by atoms with Gasteiger partial charge in [-0.15, -0.1) is 0 Å². The summed E-state index contributed by atoms with van der Waals surface area (Å²) in [6.45, 7) is 2.89. The third kappa shape index (κ3) is 2.83. The summed E-state index contributed by atoms with van der Waals surface area (Å²) in [5, 5.41) is 3.16. The van der Waals surface area contributed by atoms with Gasteiger partial charge in [-0.1, -0.05) is 11.6 Å². The van der Waals surface area contributed by atoms with Gasteiger partial charge in [-0.25, -0.2) is 0 Å². The maximum Gasteiger partial charge on any atom is 0.253 e. The first-order chi connectivity index (χ1) is 9.37. The monoisotopic (exact) mass is 358 g/mol. The lowest BCUT2D eigenvalue weighted by molar-refractivity contribution is -0.128. The van der Waals surface area contributed by atoms with Crippen LogP contribution in [0.15, 0.2) is 22.7 Å². The van der Waals surface area contributed by atoms with E-state index >= 15 is 0 Å². The number of rotatable bonds is 2. The molecule has 1 aliphatic rings. The predicted molar refractivity (Wildman–Crippen MR) is 81.8 cm³/mol. The summed E-state index contributed by atoms with van der Waals surface area (Å²) < 4.78 is 0.757. The van der Waals surface area contributed by atoms with Crippen molar-refractivity contribution in [3.63, 3.8) is 0 Å². The van der Waals surface area contributed by atoms with Crippen LogP contribution >= 0.6 is 27.5 Å². The average Bonchev–Trinajstić information content (AvgIpc) is 2.84. The molecule has 1 atom stereocenters. The summed E-state index contributed by atoms with van der Waals surface area (Å²) in [5.74, 6) is -0.117. The van der Waals surface area contributed by atoms with Gasteiger partial charge < -0.3 is 10.2 Å². The number of hydrogen-bond donors (Lipinski definition) is 1. The Balaban J connectivity index is 2.15. The van der Waals surface area contributed by atoms with E-state index in [0.717, 1.165) is 4.47 Å². The summed E-state index contributed by atoms with van der Waals surface area (Å²) in [6, 6.07) is 5.13. The highest BCUT2D eigenvalue weighted by molar-refractivity contribution is 9.10. The molecule has 2 amide bonds. The van der Waals surface area contributed by atoms with Gasteiger partial charge >= 0.3 is 0 Å². The molecule has 1 unspecified atom stereocenters. The van der Waals surface area contributed by atoms with Crippen LogP contribution in [-0.4, -0.2) is 36.9 Å². The number of amides is 2. The van der Waals surface area contributed by atoms with Crippen molar-refractivity contribution in [2.45, 2.75) is 13.3 Å². The van der Waals surface area contributed by atoms with Crippen molar-refractivity contribution in [2.24, 2.45) is 5.41 Å². The first kappa shape index (κ1) is 15.3. The lowest BCUT2D eigenvalue weighted by Gasteiger charge is -2.22. The Labute approximate surface area is 131 Å². The Kier molecular flexibility index (Phi) is 4.39. The molecule has 2 rings (SSSR count). The molecule has 1 aromatic rings. The Bertz CT molecular complexity index is 564. The zero-order valence-corrected chi connectivity index (χ0v) is 13.7. The van der Waals surface area contributed by atoms with Gasteiger partial charge in [0.1, 0.15) is 0 Å². The molecule has 0 radical (unpaired) electrons. The maximum absolute atomic E-state index is 12.4. The zero-order chi connectivity index (χ0) is 14.9. The number of carbonyl (C=O) groups is 2. The third-order valence-electron chi connectivity index (χ3n) is 3.70. The lowest BCUT2D eigenvalue weighted by Crippen LogP contribution is -2.40. The van der Waals surface area contributed by atoms with Gasteiger partial charge in [0.05, 0.1) is 10.4 Å². The number of halogens is 2. The second-order valence-corrected chi connectivity index (χ2v) is 6.51. The quantitative estimate of drug-likeness (QED) is 0.882. The van der Waals surface area contributed by atoms with Crippen LogP contribution in [0.4, 0.5) is 0 Å². The normalized spacial score (nSPS) is 21.9. The van der Waals surface area contributed by atoms with Gasteiger partial charge in [-0.05, 0) is 47.5 Å². The van der Waals surface area contributed by atoms with Crippen LogP contribution in [0.2, 0.25) is 5.02 Å². The highest BCUT2D eigenvalue weighted by Gasteiger charge is 2.41. The average molecular weight is 360 g/mol. The van der Waals surface area contributed by atoms with Gasteiger partial charge in [-0.3, -0.25) is 9.59 Å². The fourth-order valence-electron chi connectivity index (χ4n) is 2.43. The van der Waals surface area contributed by atoms with Gasteiger partial charge in [0.15, 0.2) is 0 Å². The van der Waals surface area contributed by atoms with Crippen LogP contribution in [-0.2, 0) is 4.79 Å². The molecule has 4 nitrogen and oxygen atoms in total. The van der Waals surface area contributed by atoms with E-state index in [1.807, 2.05) is 6.92 Å². The standard InChI is InChI=1S/C14H16BrClN2O2/c1-14(13(20)17-2)5-6-18(8-14)12(19)9-3-4-10(15)11(16)7-9/h3-4,7H,5-6,8H2,1-2H3,(H,17,20). The smallest absolute Gasteiger partial charge is 0.253 e. The zero-order valence-electron chi connectivity index (χ0n) is 11.4. The second kappa shape index (κ2) is 5.74. The molecule has 0 aliphatic carbocycles.